The molecule has 4 heteroatoms. The number of hydrogen-bond donors (Lipinski definition) is 1. The van der Waals surface area contributed by atoms with Crippen LogP contribution in [0.25, 0.3) is 0 Å². The van der Waals surface area contributed by atoms with Gasteiger partial charge in [-0.05, 0) is 36.2 Å². The van der Waals surface area contributed by atoms with Gasteiger partial charge in [-0.2, -0.15) is 0 Å². The van der Waals surface area contributed by atoms with Crippen LogP contribution in [0.15, 0.2) is 72.8 Å². The Morgan fingerprint density at radius 2 is 1.65 bits per heavy atom. The number of anilines is 1. The third kappa shape index (κ3) is 2.95. The summed E-state index contributed by atoms with van der Waals surface area (Å²) in [5.41, 5.74) is 4.83. The van der Waals surface area contributed by atoms with Crippen LogP contribution >= 0.6 is 11.6 Å². The van der Waals surface area contributed by atoms with E-state index in [1.54, 1.807) is 0 Å². The van der Waals surface area contributed by atoms with Crippen molar-refractivity contribution in [1.29, 1.82) is 0 Å². The van der Waals surface area contributed by atoms with Gasteiger partial charge in [-0.25, -0.2) is 0 Å². The molecule has 130 valence electrons. The molecule has 3 nitrogen and oxygen atoms in total. The lowest BCUT2D eigenvalue weighted by Gasteiger charge is -2.28. The van der Waals surface area contributed by atoms with Gasteiger partial charge in [0.1, 0.15) is 6.17 Å². The van der Waals surface area contributed by atoms with Crippen LogP contribution in [0.3, 0.4) is 0 Å². The maximum absolute atomic E-state index is 13.0. The summed E-state index contributed by atoms with van der Waals surface area (Å²) in [6, 6.07) is 23.5. The van der Waals surface area contributed by atoms with E-state index < -0.39 is 0 Å². The number of benzene rings is 3. The van der Waals surface area contributed by atoms with E-state index >= 15 is 0 Å². The van der Waals surface area contributed by atoms with Crippen LogP contribution in [0.4, 0.5) is 5.69 Å². The van der Waals surface area contributed by atoms with Gasteiger partial charge in [-0.1, -0.05) is 66.2 Å². The maximum Gasteiger partial charge on any atom is 0.256 e. The molecular weight excluding hydrogens is 344 g/mol. The largest absolute Gasteiger partial charge is 0.361 e. The zero-order valence-electron chi connectivity index (χ0n) is 14.4. The molecule has 1 aliphatic heterocycles. The summed E-state index contributed by atoms with van der Waals surface area (Å²) in [6.07, 6.45) is -0.226. The predicted molar refractivity (Wildman–Crippen MR) is 105 cm³/mol. The molecule has 1 atom stereocenters. The van der Waals surface area contributed by atoms with Crippen molar-refractivity contribution in [2.75, 3.05) is 5.32 Å². The van der Waals surface area contributed by atoms with Crippen LogP contribution in [0.1, 0.15) is 33.2 Å². The van der Waals surface area contributed by atoms with Crippen molar-refractivity contribution in [3.05, 3.63) is 100 Å². The summed E-state index contributed by atoms with van der Waals surface area (Å²) >= 11 is 6.34. The SMILES string of the molecule is Cc1ccccc1N[C@H]1c2ccccc2C(=O)N1Cc1ccccc1Cl. The molecule has 4 rings (SSSR count). The molecule has 0 bridgehead atoms. The molecule has 0 aromatic heterocycles. The fourth-order valence-electron chi connectivity index (χ4n) is 3.38. The summed E-state index contributed by atoms with van der Waals surface area (Å²) in [6.45, 7) is 2.51. The van der Waals surface area contributed by atoms with Crippen molar-refractivity contribution in [1.82, 2.24) is 4.90 Å². The van der Waals surface area contributed by atoms with Gasteiger partial charge in [0, 0.05) is 28.4 Å². The van der Waals surface area contributed by atoms with E-state index in [1.165, 1.54) is 0 Å². The summed E-state index contributed by atoms with van der Waals surface area (Å²) in [5, 5.41) is 4.22. The van der Waals surface area contributed by atoms with Gasteiger partial charge in [0.25, 0.3) is 5.91 Å². The second kappa shape index (κ2) is 6.85. The van der Waals surface area contributed by atoms with Crippen LogP contribution in [0.5, 0.6) is 0 Å². The Bertz CT molecular complexity index is 970. The first-order chi connectivity index (χ1) is 12.6. The second-order valence-electron chi connectivity index (χ2n) is 6.47. The molecule has 0 radical (unpaired) electrons. The van der Waals surface area contributed by atoms with Crippen molar-refractivity contribution in [3.63, 3.8) is 0 Å². The second-order valence-corrected chi connectivity index (χ2v) is 6.88. The highest BCUT2D eigenvalue weighted by molar-refractivity contribution is 6.31. The number of halogens is 1. The van der Waals surface area contributed by atoms with E-state index in [9.17, 15) is 4.79 Å². The Morgan fingerprint density at radius 1 is 0.962 bits per heavy atom. The molecule has 1 amide bonds. The Balaban J connectivity index is 1.73. The zero-order valence-corrected chi connectivity index (χ0v) is 15.2. The lowest BCUT2D eigenvalue weighted by atomic mass is 10.1. The topological polar surface area (TPSA) is 32.3 Å². The minimum atomic E-state index is -0.226. The van der Waals surface area contributed by atoms with Gasteiger partial charge in [0.15, 0.2) is 0 Å². The van der Waals surface area contributed by atoms with Gasteiger partial charge in [0.2, 0.25) is 0 Å². The molecule has 1 heterocycles. The van der Waals surface area contributed by atoms with Crippen molar-refractivity contribution < 1.29 is 4.79 Å². The first-order valence-corrected chi connectivity index (χ1v) is 8.98. The fraction of sp³-hybridized carbons (Fsp3) is 0.136. The summed E-state index contributed by atoms with van der Waals surface area (Å²) in [4.78, 5) is 14.9. The molecule has 3 aromatic rings. The highest BCUT2D eigenvalue weighted by atomic mass is 35.5. The number of aryl methyl sites for hydroxylation is 1. The van der Waals surface area contributed by atoms with Gasteiger partial charge < -0.3 is 10.2 Å². The molecule has 1 N–H and O–H groups in total. The molecule has 0 unspecified atom stereocenters. The molecule has 0 fully saturated rings. The number of carbonyl (C=O) groups is 1. The van der Waals surface area contributed by atoms with Crippen molar-refractivity contribution in [2.45, 2.75) is 19.6 Å². The van der Waals surface area contributed by atoms with Gasteiger partial charge >= 0.3 is 0 Å². The Hall–Kier alpha value is -2.78. The smallest absolute Gasteiger partial charge is 0.256 e. The van der Waals surface area contributed by atoms with Crippen LogP contribution in [-0.2, 0) is 6.54 Å². The van der Waals surface area contributed by atoms with E-state index in [4.69, 9.17) is 11.6 Å². The third-order valence-corrected chi connectivity index (χ3v) is 5.16. The first-order valence-electron chi connectivity index (χ1n) is 8.60. The quantitative estimate of drug-likeness (QED) is 0.672. The average Bonchev–Trinajstić information content (AvgIpc) is 2.91. The number of amides is 1. The van der Waals surface area contributed by atoms with Crippen molar-refractivity contribution >= 4 is 23.2 Å². The van der Waals surface area contributed by atoms with E-state index in [1.807, 2.05) is 71.6 Å². The molecule has 0 saturated heterocycles. The standard InChI is InChI=1S/C22H19ClN2O/c1-15-8-2-7-13-20(15)24-21-17-10-4-5-11-18(17)22(26)25(21)14-16-9-3-6-12-19(16)23/h2-13,21,24H,14H2,1H3/t21-/m1/s1. The summed E-state index contributed by atoms with van der Waals surface area (Å²) in [5.74, 6) is 0.0200. The van der Waals surface area contributed by atoms with Crippen LogP contribution in [0, 0.1) is 6.92 Å². The highest BCUT2D eigenvalue weighted by Crippen LogP contribution is 2.36. The number of para-hydroxylation sites is 1. The van der Waals surface area contributed by atoms with Gasteiger partial charge in [-0.15, -0.1) is 0 Å². The fourth-order valence-corrected chi connectivity index (χ4v) is 3.58. The molecule has 26 heavy (non-hydrogen) atoms. The van der Waals surface area contributed by atoms with E-state index in [-0.39, 0.29) is 12.1 Å². The maximum atomic E-state index is 13.0. The Morgan fingerprint density at radius 3 is 2.46 bits per heavy atom. The number of carbonyl (C=O) groups excluding carboxylic acids is 1. The molecule has 0 saturated carbocycles. The Labute approximate surface area is 158 Å². The van der Waals surface area contributed by atoms with E-state index in [2.05, 4.69) is 18.3 Å². The molecule has 1 aliphatic rings. The summed E-state index contributed by atoms with van der Waals surface area (Å²) < 4.78 is 0. The third-order valence-electron chi connectivity index (χ3n) is 4.79. The minimum Gasteiger partial charge on any atom is -0.361 e. The van der Waals surface area contributed by atoms with Crippen molar-refractivity contribution in [2.24, 2.45) is 0 Å². The van der Waals surface area contributed by atoms with Crippen LogP contribution in [0.2, 0.25) is 5.02 Å². The highest BCUT2D eigenvalue weighted by Gasteiger charge is 2.36. The number of nitrogens with one attached hydrogen (secondary N) is 1. The van der Waals surface area contributed by atoms with Crippen LogP contribution < -0.4 is 5.32 Å². The van der Waals surface area contributed by atoms with E-state index in [0.29, 0.717) is 11.6 Å². The molecular formula is C22H19ClN2O. The first kappa shape index (κ1) is 16.7. The number of rotatable bonds is 4. The lowest BCUT2D eigenvalue weighted by Crippen LogP contribution is -2.32. The van der Waals surface area contributed by atoms with Gasteiger partial charge in [0.05, 0.1) is 0 Å². The normalized spacial score (nSPS) is 15.8. The number of fused-ring (bicyclic) bond motifs is 1. The molecule has 0 spiro atoms. The molecule has 0 aliphatic carbocycles. The van der Waals surface area contributed by atoms with Crippen LogP contribution in [-0.4, -0.2) is 10.8 Å². The lowest BCUT2D eigenvalue weighted by molar-refractivity contribution is 0.0729. The Kier molecular flexibility index (Phi) is 4.39. The van der Waals surface area contributed by atoms with Crippen molar-refractivity contribution in [3.8, 4) is 0 Å². The number of hydrogen-bond acceptors (Lipinski definition) is 2. The average molecular weight is 363 g/mol. The minimum absolute atomic E-state index is 0.0200. The van der Waals surface area contributed by atoms with E-state index in [0.717, 1.165) is 27.9 Å². The zero-order chi connectivity index (χ0) is 18.1. The molecule has 3 aromatic carbocycles. The predicted octanol–water partition coefficient (Wildman–Crippen LogP) is 5.42. The monoisotopic (exact) mass is 362 g/mol. The van der Waals surface area contributed by atoms with Gasteiger partial charge in [-0.3, -0.25) is 4.79 Å². The summed E-state index contributed by atoms with van der Waals surface area (Å²) in [7, 11) is 0. The number of nitrogens with zero attached hydrogens (tertiary/aromatic N) is 1.